The lowest BCUT2D eigenvalue weighted by molar-refractivity contribution is -0.123. The highest BCUT2D eigenvalue weighted by Crippen LogP contribution is 2.38. The number of aryl methyl sites for hydroxylation is 1. The van der Waals surface area contributed by atoms with Crippen molar-refractivity contribution >= 4 is 38.3 Å². The molecule has 1 saturated carbocycles. The number of para-hydroxylation sites is 2. The lowest BCUT2D eigenvalue weighted by Crippen LogP contribution is -2.36. The number of aromatic nitrogens is 1. The van der Waals surface area contributed by atoms with E-state index in [9.17, 15) is 4.79 Å². The smallest absolute Gasteiger partial charge is 0.236 e. The van der Waals surface area contributed by atoms with Gasteiger partial charge in [-0.15, -0.1) is 0 Å². The van der Waals surface area contributed by atoms with Crippen LogP contribution in [0.5, 0.6) is 0 Å². The average molecular weight is 322 g/mol. The molecule has 0 aliphatic heterocycles. The van der Waals surface area contributed by atoms with E-state index in [1.807, 2.05) is 54.3 Å². The van der Waals surface area contributed by atoms with Gasteiger partial charge in [0, 0.05) is 5.92 Å². The number of hydrogen-bond acceptors (Lipinski definition) is 3. The minimum atomic E-state index is 0.140. The van der Waals surface area contributed by atoms with Crippen molar-refractivity contribution in [3.8, 4) is 0 Å². The number of carbonyl (C=O) groups is 1. The third-order valence-corrected chi connectivity index (χ3v) is 5.53. The number of carbonyl (C=O) groups excluding carboxylic acids is 1. The summed E-state index contributed by atoms with van der Waals surface area (Å²) >= 11 is 1.58. The number of benzene rings is 2. The third kappa shape index (κ3) is 2.53. The molecule has 1 amide bonds. The summed E-state index contributed by atoms with van der Waals surface area (Å²) in [7, 11) is 0. The van der Waals surface area contributed by atoms with E-state index >= 15 is 0 Å². The average Bonchev–Trinajstić information content (AvgIpc) is 2.91. The van der Waals surface area contributed by atoms with Crippen molar-refractivity contribution in [1.29, 1.82) is 0 Å². The lowest BCUT2D eigenvalue weighted by atomic mass is 9.84. The quantitative estimate of drug-likeness (QED) is 0.674. The molecular formula is C19H18N2OS. The van der Waals surface area contributed by atoms with Gasteiger partial charge in [0.25, 0.3) is 0 Å². The van der Waals surface area contributed by atoms with Crippen molar-refractivity contribution in [3.05, 3.63) is 54.1 Å². The Morgan fingerprint density at radius 2 is 1.87 bits per heavy atom. The highest BCUT2D eigenvalue weighted by molar-refractivity contribution is 7.22. The molecule has 4 rings (SSSR count). The van der Waals surface area contributed by atoms with Gasteiger partial charge in [0.1, 0.15) is 0 Å². The molecule has 1 fully saturated rings. The SMILES string of the molecule is Cc1ccccc1N(C(=O)C1CCC1)c1nc2ccccc2s1. The Bertz CT molecular complexity index is 833. The van der Waals surface area contributed by atoms with Crippen LogP contribution in [-0.4, -0.2) is 10.9 Å². The fourth-order valence-electron chi connectivity index (χ4n) is 2.92. The number of hydrogen-bond donors (Lipinski definition) is 0. The lowest BCUT2D eigenvalue weighted by Gasteiger charge is -2.31. The van der Waals surface area contributed by atoms with Gasteiger partial charge < -0.3 is 0 Å². The monoisotopic (exact) mass is 322 g/mol. The molecule has 1 aromatic heterocycles. The number of nitrogens with zero attached hydrogens (tertiary/aromatic N) is 2. The van der Waals surface area contributed by atoms with Gasteiger partial charge >= 0.3 is 0 Å². The number of fused-ring (bicyclic) bond motifs is 1. The van der Waals surface area contributed by atoms with Crippen molar-refractivity contribution in [2.24, 2.45) is 5.92 Å². The molecular weight excluding hydrogens is 304 g/mol. The Morgan fingerprint density at radius 1 is 1.13 bits per heavy atom. The van der Waals surface area contributed by atoms with E-state index in [0.717, 1.165) is 45.9 Å². The third-order valence-electron chi connectivity index (χ3n) is 4.51. The molecule has 23 heavy (non-hydrogen) atoms. The Balaban J connectivity index is 1.84. The second-order valence-electron chi connectivity index (χ2n) is 6.05. The highest BCUT2D eigenvalue weighted by atomic mass is 32.1. The molecule has 1 heterocycles. The van der Waals surface area contributed by atoms with Crippen LogP contribution in [0.1, 0.15) is 24.8 Å². The Kier molecular flexibility index (Phi) is 3.62. The maximum atomic E-state index is 13.0. The van der Waals surface area contributed by atoms with Gasteiger partial charge in [-0.1, -0.05) is 48.1 Å². The summed E-state index contributed by atoms with van der Waals surface area (Å²) in [6, 6.07) is 16.1. The van der Waals surface area contributed by atoms with E-state index in [0.29, 0.717) is 0 Å². The van der Waals surface area contributed by atoms with E-state index in [4.69, 9.17) is 4.98 Å². The number of anilines is 2. The molecule has 0 radical (unpaired) electrons. The van der Waals surface area contributed by atoms with Gasteiger partial charge in [0.05, 0.1) is 15.9 Å². The predicted octanol–water partition coefficient (Wildman–Crippen LogP) is 5.07. The molecule has 4 heteroatoms. The van der Waals surface area contributed by atoms with Crippen LogP contribution in [0.25, 0.3) is 10.2 Å². The first-order chi connectivity index (χ1) is 11.2. The summed E-state index contributed by atoms with van der Waals surface area (Å²) < 4.78 is 1.11. The van der Waals surface area contributed by atoms with Gasteiger partial charge in [-0.3, -0.25) is 9.69 Å². The maximum Gasteiger partial charge on any atom is 0.236 e. The first kappa shape index (κ1) is 14.4. The first-order valence-corrected chi connectivity index (χ1v) is 8.81. The second-order valence-corrected chi connectivity index (χ2v) is 7.06. The van der Waals surface area contributed by atoms with Crippen molar-refractivity contribution in [1.82, 2.24) is 4.98 Å². The number of thiazole rings is 1. The first-order valence-electron chi connectivity index (χ1n) is 7.99. The zero-order valence-electron chi connectivity index (χ0n) is 13.0. The van der Waals surface area contributed by atoms with E-state index in [-0.39, 0.29) is 11.8 Å². The predicted molar refractivity (Wildman–Crippen MR) is 95.3 cm³/mol. The Morgan fingerprint density at radius 3 is 2.57 bits per heavy atom. The Hall–Kier alpha value is -2.20. The zero-order chi connectivity index (χ0) is 15.8. The fourth-order valence-corrected chi connectivity index (χ4v) is 3.91. The zero-order valence-corrected chi connectivity index (χ0v) is 13.8. The van der Waals surface area contributed by atoms with E-state index in [1.165, 1.54) is 0 Å². The van der Waals surface area contributed by atoms with Crippen LogP contribution < -0.4 is 4.90 Å². The van der Waals surface area contributed by atoms with Crippen LogP contribution in [0.3, 0.4) is 0 Å². The highest BCUT2D eigenvalue weighted by Gasteiger charge is 2.33. The van der Waals surface area contributed by atoms with E-state index in [2.05, 4.69) is 6.07 Å². The van der Waals surface area contributed by atoms with Crippen LogP contribution in [-0.2, 0) is 4.79 Å². The number of amides is 1. The van der Waals surface area contributed by atoms with Crippen molar-refractivity contribution < 1.29 is 4.79 Å². The second kappa shape index (κ2) is 5.78. The van der Waals surface area contributed by atoms with Crippen molar-refractivity contribution in [3.63, 3.8) is 0 Å². The van der Waals surface area contributed by atoms with E-state index in [1.54, 1.807) is 11.3 Å². The summed E-state index contributed by atoms with van der Waals surface area (Å²) in [5.74, 6) is 0.325. The summed E-state index contributed by atoms with van der Waals surface area (Å²) in [4.78, 5) is 19.6. The summed E-state index contributed by atoms with van der Waals surface area (Å²) in [6.45, 7) is 2.05. The van der Waals surface area contributed by atoms with Crippen molar-refractivity contribution in [2.75, 3.05) is 4.90 Å². The fraction of sp³-hybridized carbons (Fsp3) is 0.263. The molecule has 0 saturated heterocycles. The standard InChI is InChI=1S/C19H18N2OS/c1-13-7-2-4-11-16(13)21(18(22)14-8-6-9-14)19-20-15-10-3-5-12-17(15)23-19/h2-5,7,10-12,14H,6,8-9H2,1H3. The molecule has 0 spiro atoms. The largest absolute Gasteiger partial charge is 0.274 e. The molecule has 0 bridgehead atoms. The molecule has 0 unspecified atom stereocenters. The molecule has 3 aromatic rings. The maximum absolute atomic E-state index is 13.0. The molecule has 0 N–H and O–H groups in total. The molecule has 2 aromatic carbocycles. The van der Waals surface area contributed by atoms with Gasteiger partial charge in [-0.25, -0.2) is 4.98 Å². The van der Waals surface area contributed by atoms with Crippen LogP contribution in [0.2, 0.25) is 0 Å². The molecule has 116 valence electrons. The molecule has 1 aliphatic carbocycles. The van der Waals surface area contributed by atoms with Gasteiger partial charge in [0.2, 0.25) is 5.91 Å². The minimum Gasteiger partial charge on any atom is -0.274 e. The van der Waals surface area contributed by atoms with Gasteiger partial charge in [0.15, 0.2) is 5.13 Å². The van der Waals surface area contributed by atoms with Crippen LogP contribution >= 0.6 is 11.3 Å². The summed E-state index contributed by atoms with van der Waals surface area (Å²) in [5, 5.41) is 0.775. The topological polar surface area (TPSA) is 33.2 Å². The van der Waals surface area contributed by atoms with Crippen molar-refractivity contribution in [2.45, 2.75) is 26.2 Å². The molecule has 3 nitrogen and oxygen atoms in total. The minimum absolute atomic E-state index is 0.140. The van der Waals surface area contributed by atoms with Gasteiger partial charge in [-0.2, -0.15) is 0 Å². The summed E-state index contributed by atoms with van der Waals surface area (Å²) in [6.07, 6.45) is 3.14. The van der Waals surface area contributed by atoms with Gasteiger partial charge in [-0.05, 0) is 43.5 Å². The van der Waals surface area contributed by atoms with E-state index < -0.39 is 0 Å². The normalized spacial score (nSPS) is 14.7. The molecule has 0 atom stereocenters. The molecule has 1 aliphatic rings. The summed E-state index contributed by atoms with van der Waals surface area (Å²) in [5.41, 5.74) is 3.00. The van der Waals surface area contributed by atoms with Crippen LogP contribution in [0.4, 0.5) is 10.8 Å². The number of rotatable bonds is 3. The van der Waals surface area contributed by atoms with Crippen LogP contribution in [0.15, 0.2) is 48.5 Å². The Labute approximate surface area is 139 Å². The van der Waals surface area contributed by atoms with Crippen LogP contribution in [0, 0.1) is 12.8 Å².